The molecule has 5 nitrogen and oxygen atoms in total. The van der Waals surface area contributed by atoms with Crippen molar-refractivity contribution in [2.24, 2.45) is 4.99 Å². The summed E-state index contributed by atoms with van der Waals surface area (Å²) in [7, 11) is 3.55. The highest BCUT2D eigenvalue weighted by atomic mass is 16.5. The smallest absolute Gasteiger partial charge is 0.191 e. The molecule has 25 heavy (non-hydrogen) atoms. The number of guanidine groups is 1. The number of hydrogen-bond donors (Lipinski definition) is 2. The average molecular weight is 347 g/mol. The summed E-state index contributed by atoms with van der Waals surface area (Å²) in [5, 5.41) is 6.97. The Labute approximate surface area is 152 Å². The minimum Gasteiger partial charge on any atom is -0.497 e. The standard InChI is InChI=1S/C20H34N4O/c1-5-16(2)23-20(21-3)22-15-19(24-13-7-6-8-14-24)17-9-11-18(25-4)12-10-17/h9-12,16,19H,5-8,13-15H2,1-4H3,(H2,21,22,23). The predicted molar refractivity (Wildman–Crippen MR) is 105 cm³/mol. The highest BCUT2D eigenvalue weighted by Crippen LogP contribution is 2.25. The number of nitrogens with zero attached hydrogens (tertiary/aromatic N) is 2. The van der Waals surface area contributed by atoms with Gasteiger partial charge in [-0.15, -0.1) is 0 Å². The van der Waals surface area contributed by atoms with E-state index in [-0.39, 0.29) is 0 Å². The van der Waals surface area contributed by atoms with Crippen LogP contribution in [0.2, 0.25) is 0 Å². The summed E-state index contributed by atoms with van der Waals surface area (Å²) in [5.41, 5.74) is 1.33. The van der Waals surface area contributed by atoms with Gasteiger partial charge < -0.3 is 15.4 Å². The maximum Gasteiger partial charge on any atom is 0.191 e. The molecule has 0 amide bonds. The summed E-state index contributed by atoms with van der Waals surface area (Å²) in [6.07, 6.45) is 4.99. The van der Waals surface area contributed by atoms with Gasteiger partial charge in [0.15, 0.2) is 5.96 Å². The maximum absolute atomic E-state index is 5.31. The average Bonchev–Trinajstić information content (AvgIpc) is 2.68. The Balaban J connectivity index is 2.08. The molecule has 1 aromatic rings. The second-order valence-electron chi connectivity index (χ2n) is 6.79. The lowest BCUT2D eigenvalue weighted by Gasteiger charge is -2.35. The first-order chi connectivity index (χ1) is 12.2. The van der Waals surface area contributed by atoms with Crippen molar-refractivity contribution in [2.75, 3.05) is 33.8 Å². The summed E-state index contributed by atoms with van der Waals surface area (Å²) >= 11 is 0. The number of hydrogen-bond acceptors (Lipinski definition) is 3. The van der Waals surface area contributed by atoms with Crippen molar-refractivity contribution < 1.29 is 4.74 Å². The molecule has 0 saturated carbocycles. The number of aliphatic imine (C=N–C) groups is 1. The van der Waals surface area contributed by atoms with E-state index in [4.69, 9.17) is 4.74 Å². The van der Waals surface area contributed by atoms with Crippen molar-refractivity contribution in [3.8, 4) is 5.75 Å². The summed E-state index contributed by atoms with van der Waals surface area (Å²) in [5.74, 6) is 1.79. The van der Waals surface area contributed by atoms with Gasteiger partial charge in [-0.25, -0.2) is 0 Å². The zero-order valence-corrected chi connectivity index (χ0v) is 16.2. The molecular weight excluding hydrogens is 312 g/mol. The zero-order valence-electron chi connectivity index (χ0n) is 16.2. The van der Waals surface area contributed by atoms with Crippen molar-refractivity contribution in [3.05, 3.63) is 29.8 Å². The van der Waals surface area contributed by atoms with Crippen LogP contribution in [0.25, 0.3) is 0 Å². The first-order valence-electron chi connectivity index (χ1n) is 9.53. The Morgan fingerprint density at radius 2 is 1.88 bits per heavy atom. The largest absolute Gasteiger partial charge is 0.497 e. The molecule has 1 saturated heterocycles. The topological polar surface area (TPSA) is 48.9 Å². The summed E-state index contributed by atoms with van der Waals surface area (Å²) in [6.45, 7) is 7.53. The minimum absolute atomic E-state index is 0.349. The van der Waals surface area contributed by atoms with Gasteiger partial charge in [-0.2, -0.15) is 0 Å². The molecule has 0 aliphatic carbocycles. The normalized spacial score (nSPS) is 18.5. The van der Waals surface area contributed by atoms with Crippen LogP contribution in [0.4, 0.5) is 0 Å². The SMILES string of the molecule is CCC(C)NC(=NC)NCC(c1ccc(OC)cc1)N1CCCCC1. The quantitative estimate of drug-likeness (QED) is 0.588. The van der Waals surface area contributed by atoms with Crippen molar-refractivity contribution >= 4 is 5.96 Å². The number of benzene rings is 1. The number of piperidine rings is 1. The molecule has 2 atom stereocenters. The number of rotatable bonds is 7. The fraction of sp³-hybridized carbons (Fsp3) is 0.650. The summed E-state index contributed by atoms with van der Waals surface area (Å²) < 4.78 is 5.31. The van der Waals surface area contributed by atoms with Gasteiger partial charge in [0.25, 0.3) is 0 Å². The van der Waals surface area contributed by atoms with E-state index in [1.54, 1.807) is 7.11 Å². The molecule has 2 unspecified atom stereocenters. The fourth-order valence-electron chi connectivity index (χ4n) is 3.24. The molecule has 1 heterocycles. The third kappa shape index (κ3) is 5.92. The summed E-state index contributed by atoms with van der Waals surface area (Å²) in [4.78, 5) is 6.96. The third-order valence-electron chi connectivity index (χ3n) is 5.01. The molecule has 0 spiro atoms. The molecule has 0 bridgehead atoms. The number of likely N-dealkylation sites (tertiary alicyclic amines) is 1. The molecule has 1 aliphatic heterocycles. The fourth-order valence-corrected chi connectivity index (χ4v) is 3.24. The molecule has 0 aromatic heterocycles. The van der Waals surface area contributed by atoms with E-state index >= 15 is 0 Å². The van der Waals surface area contributed by atoms with Gasteiger partial charge >= 0.3 is 0 Å². The van der Waals surface area contributed by atoms with Gasteiger partial charge in [-0.3, -0.25) is 9.89 Å². The van der Waals surface area contributed by atoms with Crippen LogP contribution < -0.4 is 15.4 Å². The Hall–Kier alpha value is -1.75. The van der Waals surface area contributed by atoms with Crippen LogP contribution in [-0.4, -0.2) is 50.7 Å². The van der Waals surface area contributed by atoms with Crippen molar-refractivity contribution in [3.63, 3.8) is 0 Å². The van der Waals surface area contributed by atoms with Gasteiger partial charge in [0, 0.05) is 19.6 Å². The second-order valence-corrected chi connectivity index (χ2v) is 6.79. The zero-order chi connectivity index (χ0) is 18.1. The minimum atomic E-state index is 0.349. The van der Waals surface area contributed by atoms with E-state index in [1.807, 2.05) is 7.05 Å². The molecular formula is C20H34N4O. The Morgan fingerprint density at radius 3 is 2.44 bits per heavy atom. The first-order valence-corrected chi connectivity index (χ1v) is 9.53. The van der Waals surface area contributed by atoms with Crippen LogP contribution in [-0.2, 0) is 0 Å². The molecule has 5 heteroatoms. The summed E-state index contributed by atoms with van der Waals surface area (Å²) in [6, 6.07) is 9.24. The lowest BCUT2D eigenvalue weighted by atomic mass is 10.0. The van der Waals surface area contributed by atoms with Gasteiger partial charge in [0.1, 0.15) is 5.75 Å². The van der Waals surface area contributed by atoms with E-state index in [2.05, 4.69) is 58.6 Å². The van der Waals surface area contributed by atoms with E-state index in [9.17, 15) is 0 Å². The van der Waals surface area contributed by atoms with Crippen molar-refractivity contribution in [2.45, 2.75) is 51.6 Å². The number of methoxy groups -OCH3 is 1. The Morgan fingerprint density at radius 1 is 1.20 bits per heavy atom. The van der Waals surface area contributed by atoms with Crippen LogP contribution >= 0.6 is 0 Å². The lowest BCUT2D eigenvalue weighted by molar-refractivity contribution is 0.164. The molecule has 2 rings (SSSR count). The van der Waals surface area contributed by atoms with E-state index in [0.717, 1.165) is 37.8 Å². The molecule has 2 N–H and O–H groups in total. The predicted octanol–water partition coefficient (Wildman–Crippen LogP) is 3.19. The van der Waals surface area contributed by atoms with E-state index in [1.165, 1.54) is 24.8 Å². The molecule has 1 aromatic carbocycles. The highest BCUT2D eigenvalue weighted by Gasteiger charge is 2.22. The van der Waals surface area contributed by atoms with Crippen molar-refractivity contribution in [1.29, 1.82) is 0 Å². The lowest BCUT2D eigenvalue weighted by Crippen LogP contribution is -2.46. The van der Waals surface area contributed by atoms with E-state index < -0.39 is 0 Å². The van der Waals surface area contributed by atoms with Gasteiger partial charge in [0.2, 0.25) is 0 Å². The van der Waals surface area contributed by atoms with Crippen LogP contribution in [0.3, 0.4) is 0 Å². The van der Waals surface area contributed by atoms with Gasteiger partial charge in [0.05, 0.1) is 13.2 Å². The van der Waals surface area contributed by atoms with E-state index in [0.29, 0.717) is 12.1 Å². The van der Waals surface area contributed by atoms with Gasteiger partial charge in [-0.1, -0.05) is 25.5 Å². The number of ether oxygens (including phenoxy) is 1. The van der Waals surface area contributed by atoms with Crippen LogP contribution in [0.5, 0.6) is 5.75 Å². The second kappa shape index (κ2) is 10.3. The Kier molecular flexibility index (Phi) is 8.06. The monoisotopic (exact) mass is 346 g/mol. The molecule has 1 fully saturated rings. The molecule has 140 valence electrons. The molecule has 0 radical (unpaired) electrons. The third-order valence-corrected chi connectivity index (χ3v) is 5.01. The van der Waals surface area contributed by atoms with Crippen LogP contribution in [0, 0.1) is 0 Å². The van der Waals surface area contributed by atoms with Crippen LogP contribution in [0.15, 0.2) is 29.3 Å². The first kappa shape index (κ1) is 19.6. The highest BCUT2D eigenvalue weighted by molar-refractivity contribution is 5.79. The molecule has 1 aliphatic rings. The van der Waals surface area contributed by atoms with Crippen molar-refractivity contribution in [1.82, 2.24) is 15.5 Å². The maximum atomic E-state index is 5.31. The van der Waals surface area contributed by atoms with Gasteiger partial charge in [-0.05, 0) is 57.0 Å². The Bertz CT molecular complexity index is 523. The van der Waals surface area contributed by atoms with Crippen LogP contribution in [0.1, 0.15) is 51.1 Å². The number of nitrogens with one attached hydrogen (secondary N) is 2.